The van der Waals surface area contributed by atoms with Gasteiger partial charge in [0.05, 0.1) is 11.7 Å². The number of rotatable bonds is 4. The van der Waals surface area contributed by atoms with Crippen LogP contribution in [0.3, 0.4) is 0 Å². The van der Waals surface area contributed by atoms with Crippen LogP contribution in [0.1, 0.15) is 42.0 Å². The molecule has 2 aliphatic rings. The van der Waals surface area contributed by atoms with Gasteiger partial charge in [0.15, 0.2) is 5.75 Å². The highest BCUT2D eigenvalue weighted by Gasteiger charge is 2.22. The van der Waals surface area contributed by atoms with Crippen molar-refractivity contribution in [3.63, 3.8) is 0 Å². The minimum absolute atomic E-state index is 0.212. The van der Waals surface area contributed by atoms with Gasteiger partial charge in [-0.1, -0.05) is 0 Å². The van der Waals surface area contributed by atoms with E-state index < -0.39 is 0 Å². The lowest BCUT2D eigenvalue weighted by molar-refractivity contribution is 0.163. The first-order valence-corrected chi connectivity index (χ1v) is 9.24. The van der Waals surface area contributed by atoms with Crippen molar-refractivity contribution in [2.24, 2.45) is 0 Å². The van der Waals surface area contributed by atoms with E-state index in [0.29, 0.717) is 19.1 Å². The Labute approximate surface area is 154 Å². The van der Waals surface area contributed by atoms with Gasteiger partial charge in [-0.05, 0) is 75.2 Å². The maximum absolute atomic E-state index is 5.62. The molecule has 0 fully saturated rings. The Morgan fingerprint density at radius 1 is 1.08 bits per heavy atom. The Hall–Kier alpha value is -2.56. The summed E-state index contributed by atoms with van der Waals surface area (Å²) in [4.78, 5) is 11.5. The first-order valence-electron chi connectivity index (χ1n) is 9.24. The van der Waals surface area contributed by atoms with Crippen LogP contribution in [0.5, 0.6) is 11.6 Å². The minimum Gasteiger partial charge on any atom is -0.484 e. The lowest BCUT2D eigenvalue weighted by Gasteiger charge is -2.25. The van der Waals surface area contributed by atoms with Crippen molar-refractivity contribution in [2.75, 3.05) is 19.8 Å². The Kier molecular flexibility index (Phi) is 4.53. The topological polar surface area (TPSA) is 47.5 Å². The van der Waals surface area contributed by atoms with Crippen LogP contribution < -0.4 is 9.47 Å². The van der Waals surface area contributed by atoms with Gasteiger partial charge in [-0.25, -0.2) is 4.98 Å². The molecule has 2 aromatic heterocycles. The van der Waals surface area contributed by atoms with Crippen molar-refractivity contribution >= 4 is 0 Å². The monoisotopic (exact) mass is 351 g/mol. The van der Waals surface area contributed by atoms with Gasteiger partial charge in [0.1, 0.15) is 13.2 Å². The average Bonchev–Trinajstić information content (AvgIpc) is 3.08. The summed E-state index contributed by atoms with van der Waals surface area (Å²) < 4.78 is 11.2. The first kappa shape index (κ1) is 16.9. The van der Waals surface area contributed by atoms with E-state index in [1.807, 2.05) is 12.1 Å². The van der Waals surface area contributed by atoms with Gasteiger partial charge in [0.2, 0.25) is 0 Å². The van der Waals surface area contributed by atoms with Gasteiger partial charge in [-0.2, -0.15) is 0 Å². The molecular formula is C21H25N3O2. The van der Waals surface area contributed by atoms with Crippen LogP contribution in [-0.2, 0) is 6.42 Å². The molecular weight excluding hydrogens is 326 g/mol. The van der Waals surface area contributed by atoms with Crippen molar-refractivity contribution in [1.29, 1.82) is 0 Å². The van der Waals surface area contributed by atoms with Crippen molar-refractivity contribution < 1.29 is 9.47 Å². The van der Waals surface area contributed by atoms with E-state index in [0.717, 1.165) is 42.2 Å². The maximum atomic E-state index is 5.62. The zero-order valence-electron chi connectivity index (χ0n) is 15.7. The lowest BCUT2D eigenvalue weighted by atomic mass is 10.0. The van der Waals surface area contributed by atoms with Crippen LogP contribution in [0.25, 0.3) is 0 Å². The number of aromatic nitrogens is 2. The molecule has 0 bridgehead atoms. The van der Waals surface area contributed by atoms with E-state index in [1.54, 1.807) is 0 Å². The summed E-state index contributed by atoms with van der Waals surface area (Å²) in [6, 6.07) is 8.59. The quantitative estimate of drug-likeness (QED) is 0.839. The third kappa shape index (κ3) is 3.52. The normalized spacial score (nSPS) is 17.2. The molecule has 0 N–H and O–H groups in total. The van der Waals surface area contributed by atoms with Gasteiger partial charge in [0.25, 0.3) is 5.88 Å². The van der Waals surface area contributed by atoms with E-state index in [2.05, 4.69) is 54.0 Å². The van der Waals surface area contributed by atoms with Crippen LogP contribution in [0.15, 0.2) is 36.0 Å². The van der Waals surface area contributed by atoms with Gasteiger partial charge >= 0.3 is 0 Å². The molecule has 0 saturated carbocycles. The second-order valence-electron chi connectivity index (χ2n) is 7.12. The number of hydrogen-bond acceptors (Lipinski definition) is 5. The van der Waals surface area contributed by atoms with Gasteiger partial charge in [-0.3, -0.25) is 4.98 Å². The summed E-state index contributed by atoms with van der Waals surface area (Å²) in [6.07, 6.45) is 4.38. The van der Waals surface area contributed by atoms with Gasteiger partial charge in [0, 0.05) is 17.9 Å². The second kappa shape index (κ2) is 6.98. The number of ether oxygens (including phenoxy) is 2. The Bertz CT molecular complexity index is 827. The molecule has 0 saturated heterocycles. The average molecular weight is 351 g/mol. The Balaban J connectivity index is 1.48. The molecule has 1 unspecified atom stereocenters. The zero-order chi connectivity index (χ0) is 18.1. The van der Waals surface area contributed by atoms with Gasteiger partial charge in [-0.15, -0.1) is 0 Å². The molecule has 0 spiro atoms. The first-order chi connectivity index (χ1) is 12.6. The van der Waals surface area contributed by atoms with Gasteiger partial charge < -0.3 is 14.4 Å². The van der Waals surface area contributed by atoms with E-state index in [-0.39, 0.29) is 6.04 Å². The summed E-state index contributed by atoms with van der Waals surface area (Å²) in [5.41, 5.74) is 5.99. The predicted molar refractivity (Wildman–Crippen MR) is 100 cm³/mol. The number of hydrogen-bond donors (Lipinski definition) is 0. The molecule has 4 rings (SSSR count). The molecule has 2 aliphatic heterocycles. The molecule has 5 heteroatoms. The lowest BCUT2D eigenvalue weighted by Crippen LogP contribution is -2.21. The van der Waals surface area contributed by atoms with Crippen molar-refractivity contribution in [2.45, 2.75) is 39.7 Å². The van der Waals surface area contributed by atoms with Crippen LogP contribution in [-0.4, -0.2) is 34.6 Å². The smallest absolute Gasteiger partial charge is 0.257 e. The molecule has 0 aromatic carbocycles. The molecule has 1 atom stereocenters. The van der Waals surface area contributed by atoms with Crippen LogP contribution in [0.4, 0.5) is 0 Å². The molecule has 4 heterocycles. The summed E-state index contributed by atoms with van der Waals surface area (Å²) in [5.74, 6) is 1.36. The van der Waals surface area contributed by atoms with Crippen LogP contribution in [0, 0.1) is 13.8 Å². The summed E-state index contributed by atoms with van der Waals surface area (Å²) >= 11 is 0. The maximum Gasteiger partial charge on any atom is 0.257 e. The molecule has 0 radical (unpaired) electrons. The van der Waals surface area contributed by atoms with Crippen LogP contribution >= 0.6 is 0 Å². The summed E-state index contributed by atoms with van der Waals surface area (Å²) in [7, 11) is 0. The molecule has 0 aliphatic carbocycles. The van der Waals surface area contributed by atoms with E-state index >= 15 is 0 Å². The number of fused-ring (bicyclic) bond motifs is 1. The molecule has 0 amide bonds. The van der Waals surface area contributed by atoms with Crippen molar-refractivity contribution in [1.82, 2.24) is 14.9 Å². The molecule has 136 valence electrons. The Morgan fingerprint density at radius 2 is 1.85 bits per heavy atom. The number of aryl methyl sites for hydroxylation is 2. The highest BCUT2D eigenvalue weighted by Crippen LogP contribution is 2.32. The van der Waals surface area contributed by atoms with E-state index in [1.165, 1.54) is 11.1 Å². The van der Waals surface area contributed by atoms with Crippen molar-refractivity contribution in [3.05, 3.63) is 58.7 Å². The van der Waals surface area contributed by atoms with Crippen molar-refractivity contribution in [3.8, 4) is 11.6 Å². The third-order valence-electron chi connectivity index (χ3n) is 4.96. The summed E-state index contributed by atoms with van der Waals surface area (Å²) in [5, 5.41) is 0. The second-order valence-corrected chi connectivity index (χ2v) is 7.12. The fourth-order valence-corrected chi connectivity index (χ4v) is 3.71. The largest absolute Gasteiger partial charge is 0.484 e. The zero-order valence-corrected chi connectivity index (χ0v) is 15.7. The third-order valence-corrected chi connectivity index (χ3v) is 4.96. The highest BCUT2D eigenvalue weighted by molar-refractivity contribution is 5.37. The number of pyridine rings is 2. The minimum atomic E-state index is 0.212. The van der Waals surface area contributed by atoms with E-state index in [4.69, 9.17) is 9.47 Å². The fraction of sp³-hybridized carbons (Fsp3) is 0.429. The highest BCUT2D eigenvalue weighted by atomic mass is 16.6. The predicted octanol–water partition coefficient (Wildman–Crippen LogP) is 3.76. The fourth-order valence-electron chi connectivity index (χ4n) is 3.71. The number of nitrogens with zero attached hydrogens (tertiary/aromatic N) is 3. The standard InChI is InChI=1S/C21H25N3O2/c1-14-10-18(11-15(2)22-14)12-17-6-7-24(13-17)16(3)19-4-5-20-21(23-19)26-9-8-25-20/h4-5,10-11,13,16H,6-9,12H2,1-3H3. The SMILES string of the molecule is Cc1cc(CC2=CN(C(C)c3ccc4c(n3)OCCO4)CC2)cc(C)n1. The van der Waals surface area contributed by atoms with Crippen LogP contribution in [0.2, 0.25) is 0 Å². The summed E-state index contributed by atoms with van der Waals surface area (Å²) in [6.45, 7) is 8.49. The molecule has 26 heavy (non-hydrogen) atoms. The van der Waals surface area contributed by atoms with E-state index in [9.17, 15) is 0 Å². The Morgan fingerprint density at radius 3 is 2.65 bits per heavy atom. The molecule has 5 nitrogen and oxygen atoms in total. The molecule has 2 aromatic rings.